The lowest BCUT2D eigenvalue weighted by Gasteiger charge is -2.04. The summed E-state index contributed by atoms with van der Waals surface area (Å²) >= 11 is 9.11. The first-order chi connectivity index (χ1) is 8.20. The second kappa shape index (κ2) is 5.65. The van der Waals surface area contributed by atoms with Crippen LogP contribution in [-0.2, 0) is 6.42 Å². The number of alkyl halides is 1. The van der Waals surface area contributed by atoms with Crippen LogP contribution in [0.4, 0.5) is 0 Å². The largest absolute Gasteiger partial charge is 0.220 e. The monoisotopic (exact) mass is 313 g/mol. The Labute approximate surface area is 114 Å². The zero-order valence-electron chi connectivity index (χ0n) is 9.53. The Morgan fingerprint density at radius 1 is 1.41 bits per heavy atom. The highest BCUT2D eigenvalue weighted by molar-refractivity contribution is 9.10. The first kappa shape index (κ1) is 12.6. The number of aryl methyl sites for hydroxylation is 2. The summed E-state index contributed by atoms with van der Waals surface area (Å²) in [6.45, 7) is 2.06. The van der Waals surface area contributed by atoms with Crippen molar-refractivity contribution in [2.75, 3.05) is 5.88 Å². The molecule has 90 valence electrons. The molecular weight excluding hydrogens is 302 g/mol. The Morgan fingerprint density at radius 2 is 2.24 bits per heavy atom. The zero-order valence-corrected chi connectivity index (χ0v) is 11.9. The fourth-order valence-corrected chi connectivity index (χ4v) is 2.26. The highest BCUT2D eigenvalue weighted by Crippen LogP contribution is 2.18. The van der Waals surface area contributed by atoms with E-state index in [1.165, 1.54) is 0 Å². The van der Waals surface area contributed by atoms with Gasteiger partial charge in [-0.1, -0.05) is 21.1 Å². The lowest BCUT2D eigenvalue weighted by molar-refractivity contribution is 0.788. The molecule has 0 aliphatic rings. The third-order valence-corrected chi connectivity index (χ3v) is 3.27. The highest BCUT2D eigenvalue weighted by atomic mass is 79.9. The minimum Gasteiger partial charge on any atom is -0.220 e. The van der Waals surface area contributed by atoms with E-state index in [0.717, 1.165) is 34.3 Å². The van der Waals surface area contributed by atoms with Gasteiger partial charge in [0.25, 0.3) is 0 Å². The summed E-state index contributed by atoms with van der Waals surface area (Å²) in [5.41, 5.74) is 3.19. The molecule has 0 aliphatic heterocycles. The third-order valence-electron chi connectivity index (χ3n) is 2.51. The molecular formula is C12H13BrClN3. The molecule has 0 fully saturated rings. The molecule has 0 bridgehead atoms. The van der Waals surface area contributed by atoms with Crippen LogP contribution in [0.15, 0.2) is 28.9 Å². The second-order valence-electron chi connectivity index (χ2n) is 3.88. The predicted octanol–water partition coefficient (Wildman–Crippen LogP) is 3.51. The van der Waals surface area contributed by atoms with Crippen LogP contribution in [0, 0.1) is 6.92 Å². The molecule has 2 rings (SSSR count). The lowest BCUT2D eigenvalue weighted by atomic mass is 10.2. The Morgan fingerprint density at radius 3 is 2.94 bits per heavy atom. The molecule has 0 unspecified atom stereocenters. The number of aromatic nitrogens is 3. The van der Waals surface area contributed by atoms with Gasteiger partial charge in [0.2, 0.25) is 0 Å². The number of nitrogens with zero attached hydrogens (tertiary/aromatic N) is 3. The van der Waals surface area contributed by atoms with Gasteiger partial charge in [-0.3, -0.25) is 0 Å². The predicted molar refractivity (Wildman–Crippen MR) is 72.8 cm³/mol. The van der Waals surface area contributed by atoms with Gasteiger partial charge in [-0.15, -0.1) is 16.7 Å². The Kier molecular flexibility index (Phi) is 4.18. The standard InChI is InChI=1S/C12H13BrClN3/c1-9-7-10(13)4-5-12(9)17-8-11(15-16-17)3-2-6-14/h4-5,7-8H,2-3,6H2,1H3. The summed E-state index contributed by atoms with van der Waals surface area (Å²) in [7, 11) is 0. The van der Waals surface area contributed by atoms with Gasteiger partial charge in [0, 0.05) is 10.4 Å². The Balaban J connectivity index is 2.24. The Bertz CT molecular complexity index is 510. The average Bonchev–Trinajstić information content (AvgIpc) is 2.75. The Hall–Kier alpha value is -0.870. The van der Waals surface area contributed by atoms with Crippen molar-refractivity contribution < 1.29 is 0 Å². The van der Waals surface area contributed by atoms with Gasteiger partial charge in [-0.05, 0) is 43.5 Å². The normalized spacial score (nSPS) is 10.8. The lowest BCUT2D eigenvalue weighted by Crippen LogP contribution is -1.97. The van der Waals surface area contributed by atoms with Crippen molar-refractivity contribution >= 4 is 27.5 Å². The maximum Gasteiger partial charge on any atom is 0.0832 e. The molecule has 0 N–H and O–H groups in total. The first-order valence-electron chi connectivity index (χ1n) is 5.44. The van der Waals surface area contributed by atoms with E-state index in [1.54, 1.807) is 0 Å². The summed E-state index contributed by atoms with van der Waals surface area (Å²) in [6, 6.07) is 6.09. The van der Waals surface area contributed by atoms with E-state index >= 15 is 0 Å². The smallest absolute Gasteiger partial charge is 0.0832 e. The molecule has 3 nitrogen and oxygen atoms in total. The summed E-state index contributed by atoms with van der Waals surface area (Å²) < 4.78 is 2.88. The number of hydrogen-bond acceptors (Lipinski definition) is 2. The molecule has 17 heavy (non-hydrogen) atoms. The van der Waals surface area contributed by atoms with Gasteiger partial charge in [-0.25, -0.2) is 4.68 Å². The molecule has 0 atom stereocenters. The molecule has 5 heteroatoms. The molecule has 0 saturated heterocycles. The molecule has 0 amide bonds. The van der Waals surface area contributed by atoms with Crippen molar-refractivity contribution in [1.29, 1.82) is 0 Å². The van der Waals surface area contributed by atoms with Crippen LogP contribution in [0.5, 0.6) is 0 Å². The third kappa shape index (κ3) is 3.07. The summed E-state index contributed by atoms with van der Waals surface area (Å²) in [5, 5.41) is 8.27. The van der Waals surface area contributed by atoms with E-state index in [1.807, 2.05) is 23.0 Å². The topological polar surface area (TPSA) is 30.7 Å². The molecule has 0 aliphatic carbocycles. The van der Waals surface area contributed by atoms with Crippen molar-refractivity contribution in [3.05, 3.63) is 40.1 Å². The van der Waals surface area contributed by atoms with Crippen molar-refractivity contribution in [2.24, 2.45) is 0 Å². The van der Waals surface area contributed by atoms with E-state index in [2.05, 4.69) is 39.2 Å². The highest BCUT2D eigenvalue weighted by Gasteiger charge is 2.05. The first-order valence-corrected chi connectivity index (χ1v) is 6.77. The van der Waals surface area contributed by atoms with E-state index in [0.29, 0.717) is 5.88 Å². The summed E-state index contributed by atoms with van der Waals surface area (Å²) in [5.74, 6) is 0.657. The molecule has 1 aromatic carbocycles. The van der Waals surface area contributed by atoms with Crippen molar-refractivity contribution in [3.8, 4) is 5.69 Å². The van der Waals surface area contributed by atoms with Gasteiger partial charge in [0.1, 0.15) is 0 Å². The van der Waals surface area contributed by atoms with Gasteiger partial charge in [0.15, 0.2) is 0 Å². The fourth-order valence-electron chi connectivity index (χ4n) is 1.65. The number of rotatable bonds is 4. The van der Waals surface area contributed by atoms with Gasteiger partial charge >= 0.3 is 0 Å². The number of halogens is 2. The van der Waals surface area contributed by atoms with Gasteiger partial charge in [-0.2, -0.15) is 0 Å². The van der Waals surface area contributed by atoms with Crippen molar-refractivity contribution in [3.63, 3.8) is 0 Å². The minimum atomic E-state index is 0.657. The van der Waals surface area contributed by atoms with Crippen LogP contribution < -0.4 is 0 Å². The van der Waals surface area contributed by atoms with Crippen LogP contribution in [0.3, 0.4) is 0 Å². The maximum absolute atomic E-state index is 5.66. The SMILES string of the molecule is Cc1cc(Br)ccc1-n1cc(CCCCl)nn1. The van der Waals surface area contributed by atoms with Crippen LogP contribution in [-0.4, -0.2) is 20.9 Å². The molecule has 0 radical (unpaired) electrons. The molecule has 2 aromatic rings. The van der Waals surface area contributed by atoms with Gasteiger partial charge in [0.05, 0.1) is 17.6 Å². The van der Waals surface area contributed by atoms with Crippen LogP contribution >= 0.6 is 27.5 Å². The molecule has 1 aromatic heterocycles. The number of benzene rings is 1. The van der Waals surface area contributed by atoms with E-state index in [9.17, 15) is 0 Å². The quantitative estimate of drug-likeness (QED) is 0.809. The average molecular weight is 315 g/mol. The van der Waals surface area contributed by atoms with Crippen LogP contribution in [0.1, 0.15) is 17.7 Å². The fraction of sp³-hybridized carbons (Fsp3) is 0.333. The van der Waals surface area contributed by atoms with Crippen molar-refractivity contribution in [2.45, 2.75) is 19.8 Å². The van der Waals surface area contributed by atoms with E-state index in [4.69, 9.17) is 11.6 Å². The van der Waals surface area contributed by atoms with E-state index < -0.39 is 0 Å². The molecule has 1 heterocycles. The van der Waals surface area contributed by atoms with Crippen molar-refractivity contribution in [1.82, 2.24) is 15.0 Å². The van der Waals surface area contributed by atoms with Crippen LogP contribution in [0.25, 0.3) is 5.69 Å². The number of hydrogen-bond donors (Lipinski definition) is 0. The van der Waals surface area contributed by atoms with E-state index in [-0.39, 0.29) is 0 Å². The van der Waals surface area contributed by atoms with Crippen LogP contribution in [0.2, 0.25) is 0 Å². The maximum atomic E-state index is 5.66. The summed E-state index contributed by atoms with van der Waals surface area (Å²) in [6.07, 6.45) is 3.77. The zero-order chi connectivity index (χ0) is 12.3. The minimum absolute atomic E-state index is 0.657. The molecule has 0 spiro atoms. The molecule has 0 saturated carbocycles. The second-order valence-corrected chi connectivity index (χ2v) is 5.17. The summed E-state index contributed by atoms with van der Waals surface area (Å²) in [4.78, 5) is 0. The van der Waals surface area contributed by atoms with Gasteiger partial charge < -0.3 is 0 Å².